The van der Waals surface area contributed by atoms with E-state index in [9.17, 15) is 4.79 Å². The lowest BCUT2D eigenvalue weighted by atomic mass is 10.1. The summed E-state index contributed by atoms with van der Waals surface area (Å²) < 4.78 is 4.66. The molecule has 0 unspecified atom stereocenters. The van der Waals surface area contributed by atoms with Crippen LogP contribution in [0.4, 0.5) is 0 Å². The average Bonchev–Trinajstić information content (AvgIpc) is 2.38. The molecular formula is C13H10Cl3NO2. The summed E-state index contributed by atoms with van der Waals surface area (Å²) in [6.45, 7) is 0. The maximum Gasteiger partial charge on any atom is 0.337 e. The molecule has 1 aromatic heterocycles. The number of hydrogen-bond acceptors (Lipinski definition) is 3. The van der Waals surface area contributed by atoms with Crippen LogP contribution in [0.5, 0.6) is 0 Å². The number of halogens is 3. The molecule has 0 bridgehead atoms. The van der Waals surface area contributed by atoms with Gasteiger partial charge in [-0.3, -0.25) is 4.98 Å². The number of methoxy groups -OCH3 is 1. The van der Waals surface area contributed by atoms with E-state index >= 15 is 0 Å². The van der Waals surface area contributed by atoms with Crippen LogP contribution >= 0.6 is 35.6 Å². The molecule has 0 saturated heterocycles. The normalized spacial score (nSPS) is 9.63. The summed E-state index contributed by atoms with van der Waals surface area (Å²) in [4.78, 5) is 15.6. The first-order valence-corrected chi connectivity index (χ1v) is 5.87. The number of benzene rings is 1. The lowest BCUT2D eigenvalue weighted by molar-refractivity contribution is 0.0600. The van der Waals surface area contributed by atoms with Crippen molar-refractivity contribution in [1.29, 1.82) is 0 Å². The van der Waals surface area contributed by atoms with Gasteiger partial charge in [-0.25, -0.2) is 4.79 Å². The van der Waals surface area contributed by atoms with Crippen molar-refractivity contribution in [3.05, 3.63) is 52.1 Å². The van der Waals surface area contributed by atoms with Gasteiger partial charge in [0.05, 0.1) is 23.4 Å². The highest BCUT2D eigenvalue weighted by molar-refractivity contribution is 6.36. The summed E-state index contributed by atoms with van der Waals surface area (Å²) >= 11 is 11.9. The van der Waals surface area contributed by atoms with E-state index < -0.39 is 5.97 Å². The van der Waals surface area contributed by atoms with Gasteiger partial charge >= 0.3 is 5.97 Å². The topological polar surface area (TPSA) is 39.2 Å². The predicted octanol–water partition coefficient (Wildman–Crippen LogP) is 4.26. The standard InChI is InChI=1S/C13H9Cl2NO2.ClH/c1-18-13(17)8-4-5-16-12(6-8)10-3-2-9(14)7-11(10)15;/h2-7H,1H3;1H. The second kappa shape index (κ2) is 6.75. The minimum atomic E-state index is -0.413. The monoisotopic (exact) mass is 317 g/mol. The summed E-state index contributed by atoms with van der Waals surface area (Å²) in [5, 5.41) is 1.03. The summed E-state index contributed by atoms with van der Waals surface area (Å²) in [5.41, 5.74) is 1.74. The molecule has 19 heavy (non-hydrogen) atoms. The Kier molecular flexibility index (Phi) is 5.60. The lowest BCUT2D eigenvalue weighted by Gasteiger charge is -2.05. The number of rotatable bonds is 2. The van der Waals surface area contributed by atoms with Crippen LogP contribution in [0.3, 0.4) is 0 Å². The van der Waals surface area contributed by atoms with Gasteiger partial charge in [0, 0.05) is 16.8 Å². The van der Waals surface area contributed by atoms with Crippen molar-refractivity contribution < 1.29 is 9.53 Å². The molecule has 0 aliphatic rings. The summed E-state index contributed by atoms with van der Waals surface area (Å²) in [6.07, 6.45) is 1.53. The molecule has 2 aromatic rings. The minimum Gasteiger partial charge on any atom is -0.465 e. The highest BCUT2D eigenvalue weighted by Gasteiger charge is 2.10. The second-order valence-corrected chi connectivity index (χ2v) is 4.39. The van der Waals surface area contributed by atoms with Crippen LogP contribution in [0.2, 0.25) is 10.0 Å². The van der Waals surface area contributed by atoms with Crippen molar-refractivity contribution >= 4 is 41.6 Å². The van der Waals surface area contributed by atoms with Crippen LogP contribution in [0, 0.1) is 0 Å². The molecule has 0 N–H and O–H groups in total. The maximum atomic E-state index is 11.4. The number of carbonyl (C=O) groups excluding carboxylic acids is 1. The van der Waals surface area contributed by atoms with E-state index in [0.717, 1.165) is 0 Å². The van der Waals surface area contributed by atoms with E-state index in [4.69, 9.17) is 23.2 Å². The van der Waals surface area contributed by atoms with Gasteiger partial charge in [0.1, 0.15) is 0 Å². The molecule has 0 saturated carbocycles. The molecule has 2 rings (SSSR count). The van der Waals surface area contributed by atoms with Crippen LogP contribution in [0.15, 0.2) is 36.5 Å². The van der Waals surface area contributed by atoms with Crippen molar-refractivity contribution in [2.75, 3.05) is 7.11 Å². The van der Waals surface area contributed by atoms with Crippen LogP contribution in [0.25, 0.3) is 11.3 Å². The summed E-state index contributed by atoms with van der Waals surface area (Å²) in [5.74, 6) is -0.413. The molecule has 1 heterocycles. The molecule has 0 atom stereocenters. The largest absolute Gasteiger partial charge is 0.465 e. The van der Waals surface area contributed by atoms with Gasteiger partial charge in [0.2, 0.25) is 0 Å². The van der Waals surface area contributed by atoms with E-state index in [-0.39, 0.29) is 12.4 Å². The van der Waals surface area contributed by atoms with Crippen molar-refractivity contribution in [2.24, 2.45) is 0 Å². The Bertz CT molecular complexity index is 602. The number of esters is 1. The quantitative estimate of drug-likeness (QED) is 0.776. The van der Waals surface area contributed by atoms with Crippen molar-refractivity contribution in [3.8, 4) is 11.3 Å². The predicted molar refractivity (Wildman–Crippen MR) is 78.3 cm³/mol. The molecule has 100 valence electrons. The van der Waals surface area contributed by atoms with Crippen molar-refractivity contribution in [2.45, 2.75) is 0 Å². The van der Waals surface area contributed by atoms with Crippen LogP contribution < -0.4 is 0 Å². The third-order valence-electron chi connectivity index (χ3n) is 2.39. The Labute approximate surface area is 126 Å². The van der Waals surface area contributed by atoms with Gasteiger partial charge in [-0.2, -0.15) is 0 Å². The van der Waals surface area contributed by atoms with Gasteiger partial charge in [-0.1, -0.05) is 23.2 Å². The Morgan fingerprint density at radius 1 is 1.21 bits per heavy atom. The fourth-order valence-corrected chi connectivity index (χ4v) is 2.03. The van der Waals surface area contributed by atoms with Crippen molar-refractivity contribution in [3.63, 3.8) is 0 Å². The summed E-state index contributed by atoms with van der Waals surface area (Å²) in [7, 11) is 1.33. The van der Waals surface area contributed by atoms with E-state index in [1.807, 2.05) is 0 Å². The number of aromatic nitrogens is 1. The molecule has 0 aliphatic carbocycles. The summed E-state index contributed by atoms with van der Waals surface area (Å²) in [6, 6.07) is 8.31. The van der Waals surface area contributed by atoms with Crippen molar-refractivity contribution in [1.82, 2.24) is 4.98 Å². The second-order valence-electron chi connectivity index (χ2n) is 3.55. The molecule has 1 aromatic carbocycles. The first-order valence-electron chi connectivity index (χ1n) is 5.11. The smallest absolute Gasteiger partial charge is 0.337 e. The molecule has 0 spiro atoms. The number of hydrogen-bond donors (Lipinski definition) is 0. The van der Waals surface area contributed by atoms with Gasteiger partial charge in [-0.05, 0) is 30.3 Å². The minimum absolute atomic E-state index is 0. The fourth-order valence-electron chi connectivity index (χ4n) is 1.52. The average molecular weight is 319 g/mol. The van der Waals surface area contributed by atoms with E-state index in [0.29, 0.717) is 26.9 Å². The Morgan fingerprint density at radius 3 is 2.58 bits per heavy atom. The molecule has 6 heteroatoms. The molecule has 0 radical (unpaired) electrons. The lowest BCUT2D eigenvalue weighted by Crippen LogP contribution is -2.01. The fraction of sp³-hybridized carbons (Fsp3) is 0.0769. The Morgan fingerprint density at radius 2 is 1.95 bits per heavy atom. The number of nitrogens with zero attached hydrogens (tertiary/aromatic N) is 1. The Balaban J connectivity index is 0.00000180. The van der Waals surface area contributed by atoms with Gasteiger partial charge in [-0.15, -0.1) is 12.4 Å². The third-order valence-corrected chi connectivity index (χ3v) is 2.94. The van der Waals surface area contributed by atoms with Gasteiger partial charge in [0.15, 0.2) is 0 Å². The highest BCUT2D eigenvalue weighted by Crippen LogP contribution is 2.29. The van der Waals surface area contributed by atoms with Crippen LogP contribution in [-0.4, -0.2) is 18.1 Å². The third kappa shape index (κ3) is 3.60. The molecule has 3 nitrogen and oxygen atoms in total. The van der Waals surface area contributed by atoms with Crippen LogP contribution in [0.1, 0.15) is 10.4 Å². The van der Waals surface area contributed by atoms with E-state index in [2.05, 4.69) is 9.72 Å². The highest BCUT2D eigenvalue weighted by atomic mass is 35.5. The first-order chi connectivity index (χ1) is 8.61. The first kappa shape index (κ1) is 15.8. The van der Waals surface area contributed by atoms with E-state index in [1.165, 1.54) is 13.3 Å². The Hall–Kier alpha value is -1.29. The number of pyridine rings is 1. The number of ether oxygens (including phenoxy) is 1. The molecule has 0 fully saturated rings. The van der Waals surface area contributed by atoms with Crippen LogP contribution in [-0.2, 0) is 4.74 Å². The zero-order valence-electron chi connectivity index (χ0n) is 9.89. The zero-order chi connectivity index (χ0) is 13.1. The molecular weight excluding hydrogens is 309 g/mol. The van der Waals surface area contributed by atoms with E-state index in [1.54, 1.807) is 30.3 Å². The van der Waals surface area contributed by atoms with Gasteiger partial charge < -0.3 is 4.74 Å². The zero-order valence-corrected chi connectivity index (χ0v) is 12.2. The molecule has 0 amide bonds. The SMILES string of the molecule is COC(=O)c1ccnc(-c2ccc(Cl)cc2Cl)c1.Cl. The maximum absolute atomic E-state index is 11.4. The van der Waals surface area contributed by atoms with Gasteiger partial charge in [0.25, 0.3) is 0 Å². The number of carbonyl (C=O) groups is 1. The molecule has 0 aliphatic heterocycles.